The summed E-state index contributed by atoms with van der Waals surface area (Å²) in [6.07, 6.45) is 3.59. The van der Waals surface area contributed by atoms with E-state index in [1.165, 1.54) is 0 Å². The Balaban J connectivity index is 2.29. The molecule has 90 valence electrons. The molecule has 17 heavy (non-hydrogen) atoms. The Morgan fingerprint density at radius 3 is 2.65 bits per heavy atom. The standard InChI is InChI=1S/C12H16N4S/c1-8-7-14-9(2)10(15-8)16-12(3,4)11-13-5-6-17-11/h5-7H,1-4H3,(H,15,16). The van der Waals surface area contributed by atoms with E-state index in [-0.39, 0.29) is 5.54 Å². The second kappa shape index (κ2) is 4.41. The Morgan fingerprint density at radius 2 is 2.00 bits per heavy atom. The average molecular weight is 248 g/mol. The number of aromatic nitrogens is 3. The largest absolute Gasteiger partial charge is 0.357 e. The van der Waals surface area contributed by atoms with E-state index in [1.54, 1.807) is 17.5 Å². The number of thiazole rings is 1. The lowest BCUT2D eigenvalue weighted by atomic mass is 10.1. The first-order valence-electron chi connectivity index (χ1n) is 5.47. The van der Waals surface area contributed by atoms with Crippen molar-refractivity contribution in [1.82, 2.24) is 15.0 Å². The molecule has 0 aliphatic rings. The van der Waals surface area contributed by atoms with Crippen molar-refractivity contribution in [2.45, 2.75) is 33.2 Å². The SMILES string of the molecule is Cc1cnc(C)c(NC(C)(C)c2nccs2)n1. The maximum Gasteiger partial charge on any atom is 0.148 e. The minimum Gasteiger partial charge on any atom is -0.357 e. The molecule has 0 saturated heterocycles. The lowest BCUT2D eigenvalue weighted by Crippen LogP contribution is -2.29. The normalized spacial score (nSPS) is 11.5. The highest BCUT2D eigenvalue weighted by Crippen LogP contribution is 2.27. The van der Waals surface area contributed by atoms with Gasteiger partial charge < -0.3 is 5.32 Å². The van der Waals surface area contributed by atoms with Crippen molar-refractivity contribution in [2.24, 2.45) is 0 Å². The molecule has 2 rings (SSSR count). The monoisotopic (exact) mass is 248 g/mol. The van der Waals surface area contributed by atoms with Crippen LogP contribution in [0.4, 0.5) is 5.82 Å². The summed E-state index contributed by atoms with van der Waals surface area (Å²) < 4.78 is 0. The Hall–Kier alpha value is -1.49. The molecule has 0 aliphatic heterocycles. The van der Waals surface area contributed by atoms with Gasteiger partial charge in [0, 0.05) is 17.8 Å². The van der Waals surface area contributed by atoms with Gasteiger partial charge in [0.05, 0.1) is 16.9 Å². The summed E-state index contributed by atoms with van der Waals surface area (Å²) in [4.78, 5) is 13.1. The average Bonchev–Trinajstić information content (AvgIpc) is 2.77. The second-order valence-electron chi connectivity index (χ2n) is 4.53. The van der Waals surface area contributed by atoms with Gasteiger partial charge in [-0.1, -0.05) is 0 Å². The lowest BCUT2D eigenvalue weighted by molar-refractivity contribution is 0.599. The number of hydrogen-bond donors (Lipinski definition) is 1. The summed E-state index contributed by atoms with van der Waals surface area (Å²) >= 11 is 1.64. The molecule has 2 aromatic heterocycles. The van der Waals surface area contributed by atoms with Crippen LogP contribution in [-0.4, -0.2) is 15.0 Å². The molecule has 0 spiro atoms. The van der Waals surface area contributed by atoms with E-state index in [2.05, 4.69) is 34.1 Å². The highest BCUT2D eigenvalue weighted by atomic mass is 32.1. The van der Waals surface area contributed by atoms with Gasteiger partial charge in [-0.2, -0.15) is 0 Å². The molecule has 0 saturated carbocycles. The fraction of sp³-hybridized carbons (Fsp3) is 0.417. The van der Waals surface area contributed by atoms with Crippen molar-refractivity contribution in [2.75, 3.05) is 5.32 Å². The van der Waals surface area contributed by atoms with Crippen molar-refractivity contribution in [1.29, 1.82) is 0 Å². The Labute approximate surface area is 105 Å². The van der Waals surface area contributed by atoms with Crippen LogP contribution in [0.1, 0.15) is 30.2 Å². The molecule has 0 atom stereocenters. The predicted octanol–water partition coefficient (Wildman–Crippen LogP) is 2.90. The molecule has 2 aromatic rings. The van der Waals surface area contributed by atoms with E-state index in [4.69, 9.17) is 0 Å². The zero-order valence-electron chi connectivity index (χ0n) is 10.5. The summed E-state index contributed by atoms with van der Waals surface area (Å²) in [5, 5.41) is 6.43. The van der Waals surface area contributed by atoms with Crippen LogP contribution in [0.15, 0.2) is 17.8 Å². The number of nitrogens with one attached hydrogen (secondary N) is 1. The minimum absolute atomic E-state index is 0.235. The topological polar surface area (TPSA) is 50.7 Å². The number of anilines is 1. The third-order valence-corrected chi connectivity index (χ3v) is 3.57. The van der Waals surface area contributed by atoms with E-state index in [0.29, 0.717) is 0 Å². The molecular formula is C12H16N4S. The maximum absolute atomic E-state index is 4.47. The van der Waals surface area contributed by atoms with Crippen molar-refractivity contribution in [3.05, 3.63) is 34.2 Å². The Morgan fingerprint density at radius 1 is 1.24 bits per heavy atom. The molecule has 5 heteroatoms. The van der Waals surface area contributed by atoms with Crippen molar-refractivity contribution >= 4 is 17.2 Å². The summed E-state index contributed by atoms with van der Waals surface area (Å²) in [5.41, 5.74) is 1.58. The smallest absolute Gasteiger partial charge is 0.148 e. The van der Waals surface area contributed by atoms with Crippen molar-refractivity contribution in [3.63, 3.8) is 0 Å². The van der Waals surface area contributed by atoms with Gasteiger partial charge >= 0.3 is 0 Å². The van der Waals surface area contributed by atoms with Gasteiger partial charge in [0.2, 0.25) is 0 Å². The zero-order valence-corrected chi connectivity index (χ0v) is 11.3. The molecular weight excluding hydrogens is 232 g/mol. The van der Waals surface area contributed by atoms with Gasteiger partial charge in [-0.15, -0.1) is 11.3 Å². The van der Waals surface area contributed by atoms with E-state index < -0.39 is 0 Å². The third kappa shape index (κ3) is 2.61. The number of aryl methyl sites for hydroxylation is 2. The van der Waals surface area contributed by atoms with Crippen LogP contribution in [0, 0.1) is 13.8 Å². The van der Waals surface area contributed by atoms with Crippen LogP contribution in [0.3, 0.4) is 0 Å². The number of rotatable bonds is 3. The molecule has 2 heterocycles. The fourth-order valence-corrected chi connectivity index (χ4v) is 2.26. The molecule has 1 N–H and O–H groups in total. The minimum atomic E-state index is -0.235. The first-order valence-corrected chi connectivity index (χ1v) is 6.35. The first-order chi connectivity index (χ1) is 7.99. The maximum atomic E-state index is 4.47. The Kier molecular flexibility index (Phi) is 3.11. The number of hydrogen-bond acceptors (Lipinski definition) is 5. The highest BCUT2D eigenvalue weighted by molar-refractivity contribution is 7.09. The Bertz CT molecular complexity index is 505. The molecule has 0 unspecified atom stereocenters. The van der Waals surface area contributed by atoms with Crippen LogP contribution >= 0.6 is 11.3 Å². The fourth-order valence-electron chi connectivity index (χ4n) is 1.54. The van der Waals surface area contributed by atoms with Crippen LogP contribution in [-0.2, 0) is 5.54 Å². The molecule has 0 bridgehead atoms. The van der Waals surface area contributed by atoms with E-state index in [0.717, 1.165) is 22.2 Å². The quantitative estimate of drug-likeness (QED) is 0.907. The van der Waals surface area contributed by atoms with Crippen molar-refractivity contribution in [3.8, 4) is 0 Å². The number of nitrogens with zero attached hydrogens (tertiary/aromatic N) is 3. The molecule has 4 nitrogen and oxygen atoms in total. The van der Waals surface area contributed by atoms with E-state index >= 15 is 0 Å². The molecule has 0 aromatic carbocycles. The van der Waals surface area contributed by atoms with Gasteiger partial charge in [0.25, 0.3) is 0 Å². The first kappa shape index (κ1) is 12.0. The van der Waals surface area contributed by atoms with Crippen LogP contribution in [0.25, 0.3) is 0 Å². The van der Waals surface area contributed by atoms with Crippen LogP contribution in [0.2, 0.25) is 0 Å². The lowest BCUT2D eigenvalue weighted by Gasteiger charge is -2.25. The van der Waals surface area contributed by atoms with Gasteiger partial charge in [-0.05, 0) is 27.7 Å². The zero-order chi connectivity index (χ0) is 12.5. The van der Waals surface area contributed by atoms with Gasteiger partial charge in [0.1, 0.15) is 10.8 Å². The third-order valence-electron chi connectivity index (χ3n) is 2.47. The van der Waals surface area contributed by atoms with Crippen LogP contribution in [0.5, 0.6) is 0 Å². The predicted molar refractivity (Wildman–Crippen MR) is 70.3 cm³/mol. The van der Waals surface area contributed by atoms with Gasteiger partial charge in [-0.3, -0.25) is 4.98 Å². The molecule has 0 radical (unpaired) electrons. The summed E-state index contributed by atoms with van der Waals surface area (Å²) in [5.74, 6) is 0.824. The molecule has 0 fully saturated rings. The summed E-state index contributed by atoms with van der Waals surface area (Å²) in [7, 11) is 0. The van der Waals surface area contributed by atoms with E-state index in [9.17, 15) is 0 Å². The van der Waals surface area contributed by atoms with Crippen LogP contribution < -0.4 is 5.32 Å². The second-order valence-corrected chi connectivity index (χ2v) is 5.43. The van der Waals surface area contributed by atoms with Crippen molar-refractivity contribution < 1.29 is 0 Å². The summed E-state index contributed by atoms with van der Waals surface area (Å²) in [6, 6.07) is 0. The molecule has 0 amide bonds. The summed E-state index contributed by atoms with van der Waals surface area (Å²) in [6.45, 7) is 8.07. The molecule has 0 aliphatic carbocycles. The van der Waals surface area contributed by atoms with Gasteiger partial charge in [-0.25, -0.2) is 9.97 Å². The van der Waals surface area contributed by atoms with E-state index in [1.807, 2.05) is 25.4 Å². The van der Waals surface area contributed by atoms with Gasteiger partial charge in [0.15, 0.2) is 0 Å². The highest BCUT2D eigenvalue weighted by Gasteiger charge is 2.24.